The highest BCUT2D eigenvalue weighted by atomic mass is 127. The molecule has 5 nitrogen and oxygen atoms in total. The summed E-state index contributed by atoms with van der Waals surface area (Å²) in [5.41, 5.74) is 0.381. The fraction of sp³-hybridized carbons (Fsp3) is 0.938. The standard InChI is InChI=1S/C16H35N3O2.HI/c1-14(8-9-16(2,3)4)19-15(17-5)18-10-7-11-21-13-12-20-6;/h14H,7-13H2,1-6H3,(H2,17,18,19);1H. The van der Waals surface area contributed by atoms with Crippen LogP contribution < -0.4 is 10.6 Å². The molecule has 0 radical (unpaired) electrons. The number of nitrogens with zero attached hydrogens (tertiary/aromatic N) is 1. The maximum atomic E-state index is 5.42. The molecule has 0 aliphatic heterocycles. The van der Waals surface area contributed by atoms with Gasteiger partial charge >= 0.3 is 0 Å². The molecule has 0 bridgehead atoms. The molecule has 0 fully saturated rings. The SMILES string of the molecule is CN=C(NCCCOCCOC)NC(C)CCC(C)(C)C.I. The molecule has 1 atom stereocenters. The highest BCUT2D eigenvalue weighted by Crippen LogP contribution is 2.21. The molecule has 0 spiro atoms. The summed E-state index contributed by atoms with van der Waals surface area (Å²) in [5.74, 6) is 0.869. The number of guanidine groups is 1. The minimum Gasteiger partial charge on any atom is -0.382 e. The van der Waals surface area contributed by atoms with Crippen LogP contribution in [0, 0.1) is 5.41 Å². The summed E-state index contributed by atoms with van der Waals surface area (Å²) in [6, 6.07) is 0.424. The van der Waals surface area contributed by atoms with Gasteiger partial charge in [-0.2, -0.15) is 0 Å². The van der Waals surface area contributed by atoms with Gasteiger partial charge in [-0.1, -0.05) is 20.8 Å². The number of ether oxygens (including phenoxy) is 2. The first-order chi connectivity index (χ1) is 9.89. The lowest BCUT2D eigenvalue weighted by Gasteiger charge is -2.23. The molecular formula is C16H36IN3O2. The molecule has 0 aromatic heterocycles. The molecule has 2 N–H and O–H groups in total. The van der Waals surface area contributed by atoms with Crippen molar-refractivity contribution in [3.05, 3.63) is 0 Å². The number of nitrogens with one attached hydrogen (secondary N) is 2. The predicted octanol–water partition coefficient (Wildman–Crippen LogP) is 3.04. The van der Waals surface area contributed by atoms with Crippen LogP contribution in [-0.2, 0) is 9.47 Å². The monoisotopic (exact) mass is 429 g/mol. The smallest absolute Gasteiger partial charge is 0.191 e. The minimum atomic E-state index is 0. The van der Waals surface area contributed by atoms with Gasteiger partial charge in [0.05, 0.1) is 13.2 Å². The Kier molecular flexibility index (Phi) is 15.9. The van der Waals surface area contributed by atoms with E-state index in [1.54, 1.807) is 14.2 Å². The fourth-order valence-electron chi connectivity index (χ4n) is 1.78. The van der Waals surface area contributed by atoms with Crippen LogP contribution in [0.15, 0.2) is 4.99 Å². The molecule has 0 aliphatic carbocycles. The van der Waals surface area contributed by atoms with Crippen molar-refractivity contribution in [1.29, 1.82) is 0 Å². The second-order valence-corrected chi connectivity index (χ2v) is 6.60. The van der Waals surface area contributed by atoms with E-state index in [9.17, 15) is 0 Å². The normalized spacial score (nSPS) is 13.5. The van der Waals surface area contributed by atoms with Gasteiger partial charge < -0.3 is 20.1 Å². The van der Waals surface area contributed by atoms with E-state index in [4.69, 9.17) is 9.47 Å². The summed E-state index contributed by atoms with van der Waals surface area (Å²) in [6.45, 7) is 11.9. The van der Waals surface area contributed by atoms with E-state index in [2.05, 4.69) is 43.3 Å². The summed E-state index contributed by atoms with van der Waals surface area (Å²) in [6.07, 6.45) is 3.30. The Balaban J connectivity index is 0. The third kappa shape index (κ3) is 16.3. The summed E-state index contributed by atoms with van der Waals surface area (Å²) in [4.78, 5) is 4.25. The van der Waals surface area contributed by atoms with Crippen LogP contribution in [0.5, 0.6) is 0 Å². The van der Waals surface area contributed by atoms with Gasteiger partial charge in [0, 0.05) is 33.4 Å². The average molecular weight is 429 g/mol. The fourth-order valence-corrected chi connectivity index (χ4v) is 1.78. The number of hydrogen-bond donors (Lipinski definition) is 2. The van der Waals surface area contributed by atoms with Crippen LogP contribution in [0.1, 0.15) is 47.0 Å². The number of methoxy groups -OCH3 is 1. The lowest BCUT2D eigenvalue weighted by Crippen LogP contribution is -2.43. The second-order valence-electron chi connectivity index (χ2n) is 6.60. The molecule has 0 aromatic rings. The third-order valence-corrected chi connectivity index (χ3v) is 3.12. The largest absolute Gasteiger partial charge is 0.382 e. The maximum Gasteiger partial charge on any atom is 0.191 e. The van der Waals surface area contributed by atoms with Crippen LogP contribution >= 0.6 is 24.0 Å². The van der Waals surface area contributed by atoms with E-state index in [1.807, 2.05) is 0 Å². The average Bonchev–Trinajstić information content (AvgIpc) is 2.42. The molecular weight excluding hydrogens is 393 g/mol. The summed E-state index contributed by atoms with van der Waals surface area (Å²) >= 11 is 0. The summed E-state index contributed by atoms with van der Waals surface area (Å²) in [5, 5.41) is 6.74. The van der Waals surface area contributed by atoms with Crippen molar-refractivity contribution in [2.24, 2.45) is 10.4 Å². The van der Waals surface area contributed by atoms with Gasteiger partial charge in [0.15, 0.2) is 5.96 Å². The number of rotatable bonds is 10. The molecule has 0 saturated carbocycles. The van der Waals surface area contributed by atoms with Gasteiger partial charge in [-0.05, 0) is 31.6 Å². The molecule has 0 rings (SSSR count). The van der Waals surface area contributed by atoms with Gasteiger partial charge in [0.2, 0.25) is 0 Å². The van der Waals surface area contributed by atoms with Crippen molar-refractivity contribution in [2.45, 2.75) is 53.0 Å². The van der Waals surface area contributed by atoms with Crippen LogP contribution in [0.3, 0.4) is 0 Å². The van der Waals surface area contributed by atoms with Crippen molar-refractivity contribution in [3.8, 4) is 0 Å². The van der Waals surface area contributed by atoms with E-state index in [0.29, 0.717) is 24.7 Å². The third-order valence-electron chi connectivity index (χ3n) is 3.12. The van der Waals surface area contributed by atoms with Crippen LogP contribution in [0.2, 0.25) is 0 Å². The first-order valence-corrected chi connectivity index (χ1v) is 7.93. The van der Waals surface area contributed by atoms with Gasteiger partial charge in [0.1, 0.15) is 0 Å². The van der Waals surface area contributed by atoms with Gasteiger partial charge in [-0.3, -0.25) is 4.99 Å². The van der Waals surface area contributed by atoms with E-state index < -0.39 is 0 Å². The summed E-state index contributed by atoms with van der Waals surface area (Å²) < 4.78 is 10.3. The van der Waals surface area contributed by atoms with Crippen molar-refractivity contribution in [3.63, 3.8) is 0 Å². The Labute approximate surface area is 154 Å². The summed E-state index contributed by atoms with van der Waals surface area (Å²) in [7, 11) is 3.49. The van der Waals surface area contributed by atoms with E-state index in [1.165, 1.54) is 6.42 Å². The van der Waals surface area contributed by atoms with E-state index >= 15 is 0 Å². The topological polar surface area (TPSA) is 54.9 Å². The maximum absolute atomic E-state index is 5.42. The Hall–Kier alpha value is -0.0800. The molecule has 0 aromatic carbocycles. The number of hydrogen-bond acceptors (Lipinski definition) is 3. The molecule has 134 valence electrons. The van der Waals surface area contributed by atoms with Crippen LogP contribution in [-0.4, -0.2) is 52.5 Å². The lowest BCUT2D eigenvalue weighted by atomic mass is 9.89. The second kappa shape index (κ2) is 14.5. The molecule has 1 unspecified atom stereocenters. The number of halogens is 1. The van der Waals surface area contributed by atoms with Crippen molar-refractivity contribution in [1.82, 2.24) is 10.6 Å². The minimum absolute atomic E-state index is 0. The zero-order valence-electron chi connectivity index (χ0n) is 15.2. The molecule has 0 saturated heterocycles. The Morgan fingerprint density at radius 3 is 2.41 bits per heavy atom. The Morgan fingerprint density at radius 1 is 1.18 bits per heavy atom. The van der Waals surface area contributed by atoms with Gasteiger partial charge in [-0.15, -0.1) is 24.0 Å². The highest BCUT2D eigenvalue weighted by molar-refractivity contribution is 14.0. The first-order valence-electron chi connectivity index (χ1n) is 7.93. The predicted molar refractivity (Wildman–Crippen MR) is 105 cm³/mol. The Bertz CT molecular complexity index is 281. The molecule has 0 amide bonds. The number of aliphatic imine (C=N–C) groups is 1. The van der Waals surface area contributed by atoms with Crippen molar-refractivity contribution < 1.29 is 9.47 Å². The lowest BCUT2D eigenvalue weighted by molar-refractivity contribution is 0.0698. The van der Waals surface area contributed by atoms with Crippen LogP contribution in [0.25, 0.3) is 0 Å². The van der Waals surface area contributed by atoms with E-state index in [0.717, 1.165) is 32.0 Å². The van der Waals surface area contributed by atoms with Crippen LogP contribution in [0.4, 0.5) is 0 Å². The molecule has 0 heterocycles. The van der Waals surface area contributed by atoms with Gasteiger partial charge in [-0.25, -0.2) is 0 Å². The van der Waals surface area contributed by atoms with Crippen molar-refractivity contribution >= 4 is 29.9 Å². The molecule has 22 heavy (non-hydrogen) atoms. The molecule has 0 aliphatic rings. The zero-order chi connectivity index (χ0) is 16.1. The zero-order valence-corrected chi connectivity index (χ0v) is 17.5. The highest BCUT2D eigenvalue weighted by Gasteiger charge is 2.13. The van der Waals surface area contributed by atoms with E-state index in [-0.39, 0.29) is 24.0 Å². The molecule has 6 heteroatoms. The van der Waals surface area contributed by atoms with Gasteiger partial charge in [0.25, 0.3) is 0 Å². The van der Waals surface area contributed by atoms with Crippen molar-refractivity contribution in [2.75, 3.05) is 40.5 Å². The quantitative estimate of drug-likeness (QED) is 0.243. The Morgan fingerprint density at radius 2 is 1.86 bits per heavy atom. The first kappa shape index (κ1) is 24.2.